The summed E-state index contributed by atoms with van der Waals surface area (Å²) < 4.78 is 8.77. The third kappa shape index (κ3) is 5.01. The van der Waals surface area contributed by atoms with Crippen LogP contribution < -0.4 is 15.4 Å². The van der Waals surface area contributed by atoms with E-state index in [1.54, 1.807) is 53.5 Å². The lowest BCUT2D eigenvalue weighted by molar-refractivity contribution is 0.101. The number of benzene rings is 2. The van der Waals surface area contributed by atoms with E-state index in [-0.39, 0.29) is 24.2 Å². The molecule has 0 aliphatic heterocycles. The number of carbonyl (C=O) groups is 2. The number of carbonyl (C=O) groups excluding carboxylic acids is 2. The highest BCUT2D eigenvalue weighted by Gasteiger charge is 2.13. The highest BCUT2D eigenvalue weighted by molar-refractivity contribution is 6.05. The molecule has 2 amide bonds. The fourth-order valence-corrected chi connectivity index (χ4v) is 3.05. The number of nitrogens with one attached hydrogen (secondary N) is 2. The van der Waals surface area contributed by atoms with Crippen LogP contribution in [0.25, 0.3) is 0 Å². The highest BCUT2D eigenvalue weighted by Crippen LogP contribution is 2.17. The van der Waals surface area contributed by atoms with Gasteiger partial charge in [-0.15, -0.1) is 0 Å². The standard InChI is InChI=1S/C23H22N6O3/c1-2-29-21(11-13-24-29)23(31)26-18-8-6-7-17(15-18)25-22(30)20-12-14-28(27-20)16-32-19-9-4-3-5-10-19/h3-15H,2,16H2,1H3,(H,25,30)(H,26,31). The zero-order chi connectivity index (χ0) is 22.3. The molecule has 2 aromatic heterocycles. The third-order valence-corrected chi connectivity index (χ3v) is 4.61. The van der Waals surface area contributed by atoms with Crippen molar-refractivity contribution in [2.24, 2.45) is 0 Å². The van der Waals surface area contributed by atoms with E-state index in [1.807, 2.05) is 37.3 Å². The van der Waals surface area contributed by atoms with Gasteiger partial charge >= 0.3 is 0 Å². The van der Waals surface area contributed by atoms with Crippen molar-refractivity contribution < 1.29 is 14.3 Å². The van der Waals surface area contributed by atoms with Gasteiger partial charge in [0.2, 0.25) is 0 Å². The van der Waals surface area contributed by atoms with Gasteiger partial charge in [-0.2, -0.15) is 10.2 Å². The summed E-state index contributed by atoms with van der Waals surface area (Å²) >= 11 is 0. The number of rotatable bonds is 8. The lowest BCUT2D eigenvalue weighted by atomic mass is 10.2. The number of nitrogens with zero attached hydrogens (tertiary/aromatic N) is 4. The van der Waals surface area contributed by atoms with Crippen LogP contribution in [0.15, 0.2) is 79.1 Å². The fourth-order valence-electron chi connectivity index (χ4n) is 3.05. The van der Waals surface area contributed by atoms with Gasteiger partial charge in [0.05, 0.1) is 0 Å². The van der Waals surface area contributed by atoms with E-state index in [2.05, 4.69) is 20.8 Å². The number of aromatic nitrogens is 4. The van der Waals surface area contributed by atoms with Crippen LogP contribution in [0.3, 0.4) is 0 Å². The molecule has 0 aliphatic rings. The van der Waals surface area contributed by atoms with E-state index < -0.39 is 0 Å². The van der Waals surface area contributed by atoms with Gasteiger partial charge in [0.25, 0.3) is 11.8 Å². The Bertz CT molecular complexity index is 1220. The molecule has 2 heterocycles. The molecule has 9 nitrogen and oxygen atoms in total. The van der Waals surface area contributed by atoms with Crippen LogP contribution in [0.4, 0.5) is 11.4 Å². The van der Waals surface area contributed by atoms with E-state index in [0.717, 1.165) is 5.75 Å². The van der Waals surface area contributed by atoms with Gasteiger partial charge in [-0.25, -0.2) is 4.68 Å². The normalized spacial score (nSPS) is 10.5. The van der Waals surface area contributed by atoms with Gasteiger partial charge < -0.3 is 15.4 Å². The summed E-state index contributed by atoms with van der Waals surface area (Å²) in [6.45, 7) is 2.69. The molecule has 4 rings (SSSR count). The molecule has 9 heteroatoms. The lowest BCUT2D eigenvalue weighted by Gasteiger charge is -2.09. The van der Waals surface area contributed by atoms with Crippen molar-refractivity contribution >= 4 is 23.2 Å². The monoisotopic (exact) mass is 430 g/mol. The van der Waals surface area contributed by atoms with E-state index in [0.29, 0.717) is 23.6 Å². The third-order valence-electron chi connectivity index (χ3n) is 4.61. The van der Waals surface area contributed by atoms with Crippen molar-refractivity contribution in [1.82, 2.24) is 19.6 Å². The first kappa shape index (κ1) is 20.9. The zero-order valence-corrected chi connectivity index (χ0v) is 17.4. The van der Waals surface area contributed by atoms with Crippen molar-refractivity contribution in [3.63, 3.8) is 0 Å². The van der Waals surface area contributed by atoms with Crippen molar-refractivity contribution in [3.8, 4) is 5.75 Å². The van der Waals surface area contributed by atoms with Crippen molar-refractivity contribution in [3.05, 3.63) is 90.5 Å². The Hall–Kier alpha value is -4.40. The Kier molecular flexibility index (Phi) is 6.26. The number of ether oxygens (including phenoxy) is 1. The first-order chi connectivity index (χ1) is 15.6. The van der Waals surface area contributed by atoms with Crippen LogP contribution in [0.5, 0.6) is 5.75 Å². The maximum absolute atomic E-state index is 12.6. The summed E-state index contributed by atoms with van der Waals surface area (Å²) in [5.41, 5.74) is 1.80. The molecule has 0 unspecified atom stereocenters. The Morgan fingerprint density at radius 3 is 2.44 bits per heavy atom. The molecule has 0 aliphatic carbocycles. The maximum Gasteiger partial charge on any atom is 0.276 e. The smallest absolute Gasteiger partial charge is 0.276 e. The molecular formula is C23H22N6O3. The van der Waals surface area contributed by atoms with Crippen molar-refractivity contribution in [2.45, 2.75) is 20.2 Å². The minimum absolute atomic E-state index is 0.188. The molecule has 0 fully saturated rings. The molecule has 2 N–H and O–H groups in total. The summed E-state index contributed by atoms with van der Waals surface area (Å²) in [7, 11) is 0. The number of amides is 2. The van der Waals surface area contributed by atoms with E-state index in [9.17, 15) is 9.59 Å². The van der Waals surface area contributed by atoms with E-state index in [1.165, 1.54) is 4.68 Å². The lowest BCUT2D eigenvalue weighted by Crippen LogP contribution is -2.18. The molecule has 0 spiro atoms. The predicted octanol–water partition coefficient (Wildman–Crippen LogP) is 3.64. The van der Waals surface area contributed by atoms with Crippen molar-refractivity contribution in [2.75, 3.05) is 10.6 Å². The van der Waals surface area contributed by atoms with Crippen LogP contribution in [0.1, 0.15) is 27.9 Å². The van der Waals surface area contributed by atoms with E-state index >= 15 is 0 Å². The van der Waals surface area contributed by atoms with Gasteiger partial charge in [-0.1, -0.05) is 24.3 Å². The Balaban J connectivity index is 1.36. The Morgan fingerprint density at radius 2 is 1.69 bits per heavy atom. The molecule has 4 aromatic rings. The average molecular weight is 430 g/mol. The van der Waals surface area contributed by atoms with E-state index in [4.69, 9.17) is 4.74 Å². The van der Waals surface area contributed by atoms with Crippen LogP contribution >= 0.6 is 0 Å². The quantitative estimate of drug-likeness (QED) is 0.444. The van der Waals surface area contributed by atoms with Crippen LogP contribution in [0.2, 0.25) is 0 Å². The minimum Gasteiger partial charge on any atom is -0.471 e. The summed E-state index contributed by atoms with van der Waals surface area (Å²) in [6.07, 6.45) is 3.25. The summed E-state index contributed by atoms with van der Waals surface area (Å²) in [6, 6.07) is 19.5. The maximum atomic E-state index is 12.6. The van der Waals surface area contributed by atoms with Gasteiger partial charge in [-0.3, -0.25) is 14.3 Å². The van der Waals surface area contributed by atoms with Gasteiger partial charge in [0.1, 0.15) is 11.4 Å². The van der Waals surface area contributed by atoms with Gasteiger partial charge in [-0.05, 0) is 49.4 Å². The molecule has 0 radical (unpaired) electrons. The zero-order valence-electron chi connectivity index (χ0n) is 17.4. The van der Waals surface area contributed by atoms with Crippen LogP contribution in [0, 0.1) is 0 Å². The molecule has 0 atom stereocenters. The average Bonchev–Trinajstić information content (AvgIpc) is 3.48. The largest absolute Gasteiger partial charge is 0.471 e. The Labute approximate surface area is 184 Å². The van der Waals surface area contributed by atoms with Gasteiger partial charge in [0.15, 0.2) is 12.4 Å². The number of hydrogen-bond donors (Lipinski definition) is 2. The first-order valence-corrected chi connectivity index (χ1v) is 10.1. The second-order valence-corrected chi connectivity index (χ2v) is 6.85. The summed E-state index contributed by atoms with van der Waals surface area (Å²) in [5, 5.41) is 14.0. The Morgan fingerprint density at radius 1 is 0.938 bits per heavy atom. The van der Waals surface area contributed by atoms with Crippen LogP contribution in [-0.4, -0.2) is 31.4 Å². The number of hydrogen-bond acceptors (Lipinski definition) is 5. The predicted molar refractivity (Wildman–Crippen MR) is 120 cm³/mol. The molecular weight excluding hydrogens is 408 g/mol. The molecule has 0 saturated heterocycles. The van der Waals surface area contributed by atoms with Crippen LogP contribution in [-0.2, 0) is 13.3 Å². The number of anilines is 2. The second kappa shape index (κ2) is 9.61. The van der Waals surface area contributed by atoms with Crippen molar-refractivity contribution in [1.29, 1.82) is 0 Å². The molecule has 0 bridgehead atoms. The number of para-hydroxylation sites is 1. The topological polar surface area (TPSA) is 103 Å². The SMILES string of the molecule is CCn1nccc1C(=O)Nc1cccc(NC(=O)c2ccn(COc3ccccc3)n2)c1. The van der Waals surface area contributed by atoms with Gasteiger partial charge in [0, 0.05) is 30.3 Å². The highest BCUT2D eigenvalue weighted by atomic mass is 16.5. The first-order valence-electron chi connectivity index (χ1n) is 10.1. The fraction of sp³-hybridized carbons (Fsp3) is 0.130. The molecule has 162 valence electrons. The number of aryl methyl sites for hydroxylation is 1. The summed E-state index contributed by atoms with van der Waals surface area (Å²) in [5.74, 6) is 0.0795. The second-order valence-electron chi connectivity index (χ2n) is 6.85. The minimum atomic E-state index is -0.365. The summed E-state index contributed by atoms with van der Waals surface area (Å²) in [4.78, 5) is 25.1. The molecule has 32 heavy (non-hydrogen) atoms. The molecule has 2 aromatic carbocycles. The molecule has 0 saturated carbocycles.